The number of aromatic amines is 1. The summed E-state index contributed by atoms with van der Waals surface area (Å²) in [7, 11) is 0. The summed E-state index contributed by atoms with van der Waals surface area (Å²) in [4.78, 5) is 42.6. The summed E-state index contributed by atoms with van der Waals surface area (Å²) in [5.41, 5.74) is -0.402. The van der Waals surface area contributed by atoms with Crippen molar-refractivity contribution in [1.29, 1.82) is 0 Å². The topological polar surface area (TPSA) is 93.7 Å². The molecule has 0 spiro atoms. The van der Waals surface area contributed by atoms with Gasteiger partial charge < -0.3 is 19.9 Å². The van der Waals surface area contributed by atoms with Crippen molar-refractivity contribution >= 4 is 11.8 Å². The number of H-pyrrole nitrogens is 1. The summed E-state index contributed by atoms with van der Waals surface area (Å²) in [6, 6.07) is 0.958. The summed E-state index contributed by atoms with van der Waals surface area (Å²) >= 11 is 0. The molecule has 7 nitrogen and oxygen atoms in total. The van der Waals surface area contributed by atoms with Crippen molar-refractivity contribution < 1.29 is 14.7 Å². The van der Waals surface area contributed by atoms with Gasteiger partial charge in [0.2, 0.25) is 5.91 Å². The van der Waals surface area contributed by atoms with E-state index in [1.54, 1.807) is 4.90 Å². The van der Waals surface area contributed by atoms with Gasteiger partial charge in [-0.15, -0.1) is 0 Å². The Bertz CT molecular complexity index is 723. The molecule has 1 aromatic rings. The van der Waals surface area contributed by atoms with Gasteiger partial charge in [-0.3, -0.25) is 14.4 Å². The van der Waals surface area contributed by atoms with E-state index in [0.29, 0.717) is 19.0 Å². The van der Waals surface area contributed by atoms with Crippen molar-refractivity contribution in [2.24, 2.45) is 11.8 Å². The predicted octanol–water partition coefficient (Wildman–Crippen LogP) is 1.19. The Hall–Kier alpha value is -2.31. The van der Waals surface area contributed by atoms with Crippen LogP contribution in [-0.4, -0.2) is 57.4 Å². The van der Waals surface area contributed by atoms with E-state index >= 15 is 0 Å². The van der Waals surface area contributed by atoms with Crippen molar-refractivity contribution in [3.8, 4) is 5.75 Å². The molecule has 1 aromatic heterocycles. The Morgan fingerprint density at radius 3 is 2.68 bits per heavy atom. The number of hydrogen-bond acceptors (Lipinski definition) is 4. The number of aromatic hydroxyl groups is 1. The minimum Gasteiger partial charge on any atom is -0.507 e. The molecule has 0 aromatic carbocycles. The van der Waals surface area contributed by atoms with Gasteiger partial charge in [0.25, 0.3) is 11.5 Å². The van der Waals surface area contributed by atoms with Crippen LogP contribution in [0.15, 0.2) is 17.1 Å². The van der Waals surface area contributed by atoms with Crippen molar-refractivity contribution in [3.05, 3.63) is 28.2 Å². The SMILES string of the molecule is CC(C)[C@H]1CN(C(=O)c2c[nH]c(=O)cc2O)CCC(=O)N1CC1CC1. The van der Waals surface area contributed by atoms with Gasteiger partial charge in [-0.2, -0.15) is 0 Å². The Morgan fingerprint density at radius 1 is 1.36 bits per heavy atom. The van der Waals surface area contributed by atoms with E-state index in [2.05, 4.69) is 18.8 Å². The minimum absolute atomic E-state index is 0.0375. The zero-order chi connectivity index (χ0) is 18.1. The van der Waals surface area contributed by atoms with Crippen molar-refractivity contribution in [1.82, 2.24) is 14.8 Å². The highest BCUT2D eigenvalue weighted by atomic mass is 16.3. The summed E-state index contributed by atoms with van der Waals surface area (Å²) in [5, 5.41) is 9.92. The van der Waals surface area contributed by atoms with Crippen molar-refractivity contribution in [2.45, 2.75) is 39.2 Å². The number of carbonyl (C=O) groups excluding carboxylic acids is 2. The van der Waals surface area contributed by atoms with Gasteiger partial charge in [-0.05, 0) is 24.7 Å². The number of nitrogens with zero attached hydrogens (tertiary/aromatic N) is 2. The lowest BCUT2D eigenvalue weighted by Crippen LogP contribution is -2.48. The molecule has 1 saturated carbocycles. The molecule has 1 atom stereocenters. The number of nitrogens with one attached hydrogen (secondary N) is 1. The molecular weight excluding hydrogens is 322 g/mol. The molecule has 0 radical (unpaired) electrons. The van der Waals surface area contributed by atoms with Crippen LogP contribution in [0.4, 0.5) is 0 Å². The summed E-state index contributed by atoms with van der Waals surface area (Å²) in [5.74, 6) is 0.211. The van der Waals surface area contributed by atoms with Gasteiger partial charge in [0.15, 0.2) is 0 Å². The summed E-state index contributed by atoms with van der Waals surface area (Å²) in [6.45, 7) is 5.65. The molecule has 1 aliphatic carbocycles. The zero-order valence-electron chi connectivity index (χ0n) is 14.7. The highest BCUT2D eigenvalue weighted by molar-refractivity contribution is 5.97. The third-order valence-electron chi connectivity index (χ3n) is 5.07. The van der Waals surface area contributed by atoms with E-state index in [9.17, 15) is 19.5 Å². The lowest BCUT2D eigenvalue weighted by molar-refractivity contribution is -0.133. The first-order valence-electron chi connectivity index (χ1n) is 8.87. The van der Waals surface area contributed by atoms with E-state index in [1.165, 1.54) is 19.0 Å². The van der Waals surface area contributed by atoms with Gasteiger partial charge in [-0.1, -0.05) is 13.8 Å². The van der Waals surface area contributed by atoms with Crippen LogP contribution in [0.25, 0.3) is 0 Å². The summed E-state index contributed by atoms with van der Waals surface area (Å²) in [6.07, 6.45) is 3.86. The molecule has 2 heterocycles. The smallest absolute Gasteiger partial charge is 0.259 e. The van der Waals surface area contributed by atoms with E-state index in [4.69, 9.17) is 0 Å². The Labute approximate surface area is 146 Å². The monoisotopic (exact) mass is 347 g/mol. The van der Waals surface area contributed by atoms with Gasteiger partial charge >= 0.3 is 0 Å². The van der Waals surface area contributed by atoms with Gasteiger partial charge in [-0.25, -0.2) is 0 Å². The second-order valence-electron chi connectivity index (χ2n) is 7.40. The normalized spacial score (nSPS) is 21.6. The van der Waals surface area contributed by atoms with Crippen LogP contribution < -0.4 is 5.56 Å². The molecule has 2 N–H and O–H groups in total. The molecule has 0 bridgehead atoms. The average molecular weight is 347 g/mol. The number of pyridine rings is 1. The Kier molecular flexibility index (Phi) is 4.83. The molecule has 1 aliphatic heterocycles. The first-order valence-corrected chi connectivity index (χ1v) is 8.87. The third-order valence-corrected chi connectivity index (χ3v) is 5.07. The third kappa shape index (κ3) is 3.86. The van der Waals surface area contributed by atoms with Gasteiger partial charge in [0.05, 0.1) is 11.6 Å². The van der Waals surface area contributed by atoms with Crippen LogP contribution >= 0.6 is 0 Å². The number of rotatable bonds is 4. The summed E-state index contributed by atoms with van der Waals surface area (Å²) < 4.78 is 0. The molecule has 25 heavy (non-hydrogen) atoms. The number of amides is 2. The largest absolute Gasteiger partial charge is 0.507 e. The molecule has 2 fully saturated rings. The quantitative estimate of drug-likeness (QED) is 0.855. The van der Waals surface area contributed by atoms with Crippen LogP contribution in [0.5, 0.6) is 5.75 Å². The van der Waals surface area contributed by atoms with Crippen molar-refractivity contribution in [2.75, 3.05) is 19.6 Å². The molecule has 7 heteroatoms. The lowest BCUT2D eigenvalue weighted by atomic mass is 10.0. The second-order valence-corrected chi connectivity index (χ2v) is 7.40. The minimum atomic E-state index is -0.462. The van der Waals surface area contributed by atoms with E-state index in [0.717, 1.165) is 12.6 Å². The highest BCUT2D eigenvalue weighted by Crippen LogP contribution is 2.32. The maximum Gasteiger partial charge on any atom is 0.259 e. The van der Waals surface area contributed by atoms with Gasteiger partial charge in [0.1, 0.15) is 5.75 Å². The van der Waals surface area contributed by atoms with Crippen LogP contribution in [-0.2, 0) is 4.79 Å². The fourth-order valence-electron chi connectivity index (χ4n) is 3.35. The maximum absolute atomic E-state index is 12.8. The highest BCUT2D eigenvalue weighted by Gasteiger charge is 2.37. The standard InChI is InChI=1S/C18H25N3O4/c1-11(2)14-10-20(6-5-17(24)21(14)9-12-3-4-12)18(25)13-8-19-16(23)7-15(13)22/h7-8,11-12,14H,3-6,9-10H2,1-2H3,(H2,19,22,23)/t14-/m1/s1. The molecule has 0 unspecified atom stereocenters. The fraction of sp³-hybridized carbons (Fsp3) is 0.611. The second kappa shape index (κ2) is 6.90. The predicted molar refractivity (Wildman–Crippen MR) is 92.3 cm³/mol. The van der Waals surface area contributed by atoms with Crippen LogP contribution in [0.3, 0.4) is 0 Å². The van der Waals surface area contributed by atoms with E-state index < -0.39 is 5.56 Å². The molecular formula is C18H25N3O4. The molecule has 2 amide bonds. The molecule has 2 aliphatic rings. The first-order chi connectivity index (χ1) is 11.9. The average Bonchev–Trinajstić information content (AvgIpc) is 3.37. The molecule has 136 valence electrons. The van der Waals surface area contributed by atoms with Gasteiger partial charge in [0, 0.05) is 38.3 Å². The van der Waals surface area contributed by atoms with E-state index in [-0.39, 0.29) is 41.5 Å². The Balaban J connectivity index is 1.83. The fourth-order valence-corrected chi connectivity index (χ4v) is 3.35. The first kappa shape index (κ1) is 17.5. The van der Waals surface area contributed by atoms with E-state index in [1.807, 2.05) is 4.90 Å². The van der Waals surface area contributed by atoms with Crippen LogP contribution in [0, 0.1) is 11.8 Å². The maximum atomic E-state index is 12.8. The molecule has 1 saturated heterocycles. The Morgan fingerprint density at radius 2 is 2.08 bits per heavy atom. The number of aromatic nitrogens is 1. The number of hydrogen-bond donors (Lipinski definition) is 2. The van der Waals surface area contributed by atoms with Crippen LogP contribution in [0.1, 0.15) is 43.5 Å². The lowest BCUT2D eigenvalue weighted by Gasteiger charge is -2.34. The number of carbonyl (C=O) groups is 2. The van der Waals surface area contributed by atoms with Crippen LogP contribution in [0.2, 0.25) is 0 Å². The molecule has 3 rings (SSSR count). The zero-order valence-corrected chi connectivity index (χ0v) is 14.7. The van der Waals surface area contributed by atoms with Crippen molar-refractivity contribution in [3.63, 3.8) is 0 Å².